The Morgan fingerprint density at radius 1 is 1.39 bits per heavy atom. The zero-order valence-corrected chi connectivity index (χ0v) is 13.5. The first-order valence-corrected chi connectivity index (χ1v) is 8.39. The number of nitrogens with one attached hydrogen (secondary N) is 1. The largest absolute Gasteiger partial charge is 0.420 e. The first-order valence-electron chi connectivity index (χ1n) is 7.51. The van der Waals surface area contributed by atoms with Gasteiger partial charge in [0.1, 0.15) is 6.07 Å². The van der Waals surface area contributed by atoms with Gasteiger partial charge in [0.25, 0.3) is 0 Å². The summed E-state index contributed by atoms with van der Waals surface area (Å²) in [6.07, 6.45) is 3.70. The molecule has 0 radical (unpaired) electrons. The van der Waals surface area contributed by atoms with Gasteiger partial charge in [-0.15, -0.1) is 11.3 Å². The predicted octanol–water partition coefficient (Wildman–Crippen LogP) is 2.52. The lowest BCUT2D eigenvalue weighted by Crippen LogP contribution is -2.39. The maximum atomic E-state index is 9.17. The molecule has 0 aromatic carbocycles. The molecule has 2 aromatic rings. The van der Waals surface area contributed by atoms with Crippen molar-refractivity contribution in [2.45, 2.75) is 0 Å². The molecule has 23 heavy (non-hydrogen) atoms. The summed E-state index contributed by atoms with van der Waals surface area (Å²) in [5.74, 6) is 0.871. The van der Waals surface area contributed by atoms with Crippen molar-refractivity contribution in [2.24, 2.45) is 0 Å². The molecule has 7 heteroatoms. The molecule has 1 aliphatic heterocycles. The van der Waals surface area contributed by atoms with Gasteiger partial charge >= 0.3 is 0 Å². The van der Waals surface area contributed by atoms with E-state index in [-0.39, 0.29) is 5.69 Å². The fourth-order valence-corrected chi connectivity index (χ4v) is 2.91. The minimum Gasteiger partial charge on any atom is -0.420 e. The summed E-state index contributed by atoms with van der Waals surface area (Å²) < 4.78 is 10.9. The molecule has 1 fully saturated rings. The highest BCUT2D eigenvalue weighted by Crippen LogP contribution is 2.19. The van der Waals surface area contributed by atoms with Crippen molar-refractivity contribution >= 4 is 29.4 Å². The van der Waals surface area contributed by atoms with Crippen LogP contribution in [-0.2, 0) is 4.74 Å². The van der Waals surface area contributed by atoms with E-state index >= 15 is 0 Å². The second kappa shape index (κ2) is 7.92. The van der Waals surface area contributed by atoms with Crippen molar-refractivity contribution < 1.29 is 9.15 Å². The third-order valence-electron chi connectivity index (χ3n) is 3.50. The number of oxazole rings is 1. The van der Waals surface area contributed by atoms with Crippen LogP contribution in [0, 0.1) is 11.3 Å². The highest BCUT2D eigenvalue weighted by atomic mass is 32.1. The highest BCUT2D eigenvalue weighted by molar-refractivity contribution is 7.10. The molecule has 0 spiro atoms. The number of hydrogen-bond donors (Lipinski definition) is 1. The molecule has 6 nitrogen and oxygen atoms in total. The Morgan fingerprint density at radius 2 is 2.26 bits per heavy atom. The molecule has 1 saturated heterocycles. The van der Waals surface area contributed by atoms with Crippen molar-refractivity contribution in [1.29, 1.82) is 5.26 Å². The molecule has 1 N–H and O–H groups in total. The minimum absolute atomic E-state index is 0.290. The van der Waals surface area contributed by atoms with Gasteiger partial charge in [0.15, 0.2) is 0 Å². The van der Waals surface area contributed by atoms with E-state index in [9.17, 15) is 5.26 Å². The summed E-state index contributed by atoms with van der Waals surface area (Å²) in [4.78, 5) is 7.62. The molecular formula is C16H18N4O2S. The first-order chi connectivity index (χ1) is 11.3. The second-order valence-corrected chi connectivity index (χ2v) is 6.05. The zero-order chi connectivity index (χ0) is 15.9. The molecule has 3 rings (SSSR count). The van der Waals surface area contributed by atoms with E-state index in [4.69, 9.17) is 9.15 Å². The maximum Gasteiger partial charge on any atom is 0.232 e. The Kier molecular flexibility index (Phi) is 5.42. The number of morpholine rings is 1. The fourth-order valence-electron chi connectivity index (χ4n) is 2.30. The predicted molar refractivity (Wildman–Crippen MR) is 90.2 cm³/mol. The summed E-state index contributed by atoms with van der Waals surface area (Å²) >= 11 is 1.64. The molecule has 120 valence electrons. The van der Waals surface area contributed by atoms with Crippen molar-refractivity contribution in [1.82, 2.24) is 9.88 Å². The SMILES string of the molecule is N#Cc1nc(C=Cc2cccs2)oc1NCCN1CCOCC1. The Bertz CT molecular complexity index is 681. The molecule has 0 aliphatic carbocycles. The average Bonchev–Trinajstić information content (AvgIpc) is 3.23. The highest BCUT2D eigenvalue weighted by Gasteiger charge is 2.13. The van der Waals surface area contributed by atoms with Crippen LogP contribution in [0.15, 0.2) is 21.9 Å². The number of nitrogens with zero attached hydrogens (tertiary/aromatic N) is 3. The lowest BCUT2D eigenvalue weighted by atomic mass is 10.4. The maximum absolute atomic E-state index is 9.17. The quantitative estimate of drug-likeness (QED) is 0.877. The Balaban J connectivity index is 1.57. The number of rotatable bonds is 6. The fraction of sp³-hybridized carbons (Fsp3) is 0.375. The van der Waals surface area contributed by atoms with Crippen LogP contribution in [0.2, 0.25) is 0 Å². The summed E-state index contributed by atoms with van der Waals surface area (Å²) in [5, 5.41) is 14.3. The minimum atomic E-state index is 0.290. The van der Waals surface area contributed by atoms with E-state index in [2.05, 4.69) is 21.3 Å². The van der Waals surface area contributed by atoms with Gasteiger partial charge in [0.05, 0.1) is 13.2 Å². The zero-order valence-electron chi connectivity index (χ0n) is 12.7. The third kappa shape index (κ3) is 4.42. The molecule has 0 bridgehead atoms. The van der Waals surface area contributed by atoms with Crippen LogP contribution >= 0.6 is 11.3 Å². The molecule has 0 atom stereocenters. The van der Waals surface area contributed by atoms with E-state index in [0.717, 1.165) is 37.7 Å². The van der Waals surface area contributed by atoms with Crippen LogP contribution in [-0.4, -0.2) is 49.3 Å². The third-order valence-corrected chi connectivity index (χ3v) is 4.34. The lowest BCUT2D eigenvalue weighted by Gasteiger charge is -2.26. The molecule has 2 aromatic heterocycles. The number of anilines is 1. The summed E-state index contributed by atoms with van der Waals surface area (Å²) in [5.41, 5.74) is 0.290. The molecule has 3 heterocycles. The van der Waals surface area contributed by atoms with E-state index in [0.29, 0.717) is 18.3 Å². The van der Waals surface area contributed by atoms with Gasteiger partial charge in [0, 0.05) is 37.1 Å². The number of aromatic nitrogens is 1. The average molecular weight is 330 g/mol. The Labute approximate surface area is 139 Å². The van der Waals surface area contributed by atoms with Crippen LogP contribution in [0.1, 0.15) is 16.5 Å². The van der Waals surface area contributed by atoms with E-state index < -0.39 is 0 Å². The van der Waals surface area contributed by atoms with Gasteiger partial charge < -0.3 is 14.5 Å². The van der Waals surface area contributed by atoms with Crippen LogP contribution in [0.4, 0.5) is 5.88 Å². The number of ether oxygens (including phenoxy) is 1. The Morgan fingerprint density at radius 3 is 3.00 bits per heavy atom. The standard InChI is InChI=1S/C16H18N4O2S/c17-12-14-16(18-5-6-20-7-9-21-10-8-20)22-15(19-14)4-3-13-2-1-11-23-13/h1-4,11,18H,5-10H2. The van der Waals surface area contributed by atoms with Crippen LogP contribution in [0.25, 0.3) is 12.2 Å². The van der Waals surface area contributed by atoms with Crippen LogP contribution in [0.5, 0.6) is 0 Å². The van der Waals surface area contributed by atoms with E-state index in [1.165, 1.54) is 0 Å². The first kappa shape index (κ1) is 15.7. The van der Waals surface area contributed by atoms with Gasteiger partial charge in [-0.2, -0.15) is 10.2 Å². The van der Waals surface area contributed by atoms with Crippen molar-refractivity contribution in [3.63, 3.8) is 0 Å². The Hall–Kier alpha value is -2.14. The number of nitriles is 1. The number of thiophene rings is 1. The molecule has 0 unspecified atom stereocenters. The molecule has 0 amide bonds. The molecule has 1 aliphatic rings. The second-order valence-electron chi connectivity index (χ2n) is 5.07. The van der Waals surface area contributed by atoms with Crippen molar-refractivity contribution in [3.8, 4) is 6.07 Å². The molecular weight excluding hydrogens is 312 g/mol. The van der Waals surface area contributed by atoms with Gasteiger partial charge in [0.2, 0.25) is 17.5 Å². The summed E-state index contributed by atoms with van der Waals surface area (Å²) in [6, 6.07) is 6.06. The van der Waals surface area contributed by atoms with Crippen LogP contribution in [0.3, 0.4) is 0 Å². The number of hydrogen-bond acceptors (Lipinski definition) is 7. The normalized spacial score (nSPS) is 15.8. The van der Waals surface area contributed by atoms with Crippen LogP contribution < -0.4 is 5.32 Å². The molecule has 0 saturated carbocycles. The van der Waals surface area contributed by atoms with Gasteiger partial charge in [-0.3, -0.25) is 4.90 Å². The smallest absolute Gasteiger partial charge is 0.232 e. The van der Waals surface area contributed by atoms with Crippen molar-refractivity contribution in [2.75, 3.05) is 44.7 Å². The summed E-state index contributed by atoms with van der Waals surface area (Å²) in [7, 11) is 0. The van der Waals surface area contributed by atoms with Crippen molar-refractivity contribution in [3.05, 3.63) is 34.0 Å². The van der Waals surface area contributed by atoms with Gasteiger partial charge in [-0.05, 0) is 17.5 Å². The topological polar surface area (TPSA) is 74.3 Å². The monoisotopic (exact) mass is 330 g/mol. The van der Waals surface area contributed by atoms with E-state index in [1.807, 2.05) is 23.6 Å². The van der Waals surface area contributed by atoms with Gasteiger partial charge in [-0.1, -0.05) is 6.07 Å². The summed E-state index contributed by atoms with van der Waals surface area (Å²) in [6.45, 7) is 5.04. The van der Waals surface area contributed by atoms with Gasteiger partial charge in [-0.25, -0.2) is 0 Å². The van der Waals surface area contributed by atoms with E-state index in [1.54, 1.807) is 17.4 Å². The lowest BCUT2D eigenvalue weighted by molar-refractivity contribution is 0.0398.